The zero-order valence-electron chi connectivity index (χ0n) is 9.80. The van der Waals surface area contributed by atoms with Crippen LogP contribution in [0.1, 0.15) is 38.5 Å². The summed E-state index contributed by atoms with van der Waals surface area (Å²) in [5, 5.41) is 10.9. The molecule has 0 aromatic heterocycles. The number of hydrogen-bond donors (Lipinski definition) is 0. The molecule has 0 aliphatic heterocycles. The summed E-state index contributed by atoms with van der Waals surface area (Å²) in [6, 6.07) is 0. The second-order valence-electron chi connectivity index (χ2n) is 4.94. The number of nitro groups is 1. The summed E-state index contributed by atoms with van der Waals surface area (Å²) < 4.78 is 0. The Kier molecular flexibility index (Phi) is 3.41. The van der Waals surface area contributed by atoms with Gasteiger partial charge in [-0.15, -0.1) is 0 Å². The molecule has 0 heterocycles. The van der Waals surface area contributed by atoms with Gasteiger partial charge in [-0.3, -0.25) is 14.9 Å². The molecule has 0 aromatic carbocycles. The largest absolute Gasteiger partial charge is 0.298 e. The number of allylic oxidation sites excluding steroid dienone is 2. The Bertz CT molecular complexity index is 380. The fourth-order valence-electron chi connectivity index (χ4n) is 2.66. The van der Waals surface area contributed by atoms with Gasteiger partial charge < -0.3 is 0 Å². The topological polar surface area (TPSA) is 60.2 Å². The molecule has 1 saturated carbocycles. The zero-order valence-corrected chi connectivity index (χ0v) is 9.80. The van der Waals surface area contributed by atoms with Crippen molar-refractivity contribution in [1.29, 1.82) is 0 Å². The van der Waals surface area contributed by atoms with E-state index in [1.807, 2.05) is 6.08 Å². The fraction of sp³-hybridized carbons (Fsp3) is 0.615. The third-order valence-corrected chi connectivity index (χ3v) is 3.85. The lowest BCUT2D eigenvalue weighted by Crippen LogP contribution is -2.38. The van der Waals surface area contributed by atoms with Crippen LogP contribution in [0.3, 0.4) is 0 Å². The summed E-state index contributed by atoms with van der Waals surface area (Å²) in [5.74, 6) is 0.538. The Morgan fingerprint density at radius 3 is 2.53 bits per heavy atom. The summed E-state index contributed by atoms with van der Waals surface area (Å²) in [7, 11) is 0. The van der Waals surface area contributed by atoms with Crippen molar-refractivity contribution < 1.29 is 9.72 Å². The van der Waals surface area contributed by atoms with Gasteiger partial charge in [-0.1, -0.05) is 31.4 Å². The quantitative estimate of drug-likeness (QED) is 0.429. The maximum Gasteiger partial charge on any atom is 0.298 e. The van der Waals surface area contributed by atoms with E-state index in [1.165, 1.54) is 43.8 Å². The molecule has 4 heteroatoms. The van der Waals surface area contributed by atoms with E-state index in [9.17, 15) is 14.9 Å². The van der Waals surface area contributed by atoms with E-state index in [1.54, 1.807) is 6.08 Å². The fourth-order valence-corrected chi connectivity index (χ4v) is 2.66. The molecule has 1 unspecified atom stereocenters. The predicted octanol–water partition coefficient (Wildman–Crippen LogP) is 2.67. The normalized spacial score (nSPS) is 29.8. The number of aldehydes is 1. The molecule has 0 aromatic rings. The highest BCUT2D eigenvalue weighted by atomic mass is 16.6. The lowest BCUT2D eigenvalue weighted by molar-refractivity contribution is -0.535. The number of nitrogens with zero attached hydrogens (tertiary/aromatic N) is 1. The highest BCUT2D eigenvalue weighted by Gasteiger charge is 2.41. The van der Waals surface area contributed by atoms with Gasteiger partial charge in [0.15, 0.2) is 0 Å². The van der Waals surface area contributed by atoms with Gasteiger partial charge >= 0.3 is 0 Å². The van der Waals surface area contributed by atoms with Crippen molar-refractivity contribution in [2.75, 3.05) is 0 Å². The van der Waals surface area contributed by atoms with Gasteiger partial charge in [-0.25, -0.2) is 0 Å². The maximum atomic E-state index is 10.9. The summed E-state index contributed by atoms with van der Waals surface area (Å²) >= 11 is 0. The minimum Gasteiger partial charge on any atom is -0.295 e. The molecule has 0 N–H and O–H groups in total. The Morgan fingerprint density at radius 1 is 1.35 bits per heavy atom. The molecule has 92 valence electrons. The highest BCUT2D eigenvalue weighted by Crippen LogP contribution is 2.34. The van der Waals surface area contributed by atoms with Crippen molar-refractivity contribution in [1.82, 2.24) is 0 Å². The average Bonchev–Trinajstić information content (AvgIpc) is 2.39. The van der Waals surface area contributed by atoms with Crippen LogP contribution in [0.4, 0.5) is 0 Å². The van der Waals surface area contributed by atoms with Crippen molar-refractivity contribution >= 4 is 6.29 Å². The molecule has 1 atom stereocenters. The van der Waals surface area contributed by atoms with E-state index in [0.29, 0.717) is 12.2 Å². The smallest absolute Gasteiger partial charge is 0.295 e. The van der Waals surface area contributed by atoms with Crippen molar-refractivity contribution in [3.05, 3.63) is 33.9 Å². The van der Waals surface area contributed by atoms with Gasteiger partial charge in [-0.05, 0) is 24.3 Å². The first-order chi connectivity index (χ1) is 8.18. The monoisotopic (exact) mass is 235 g/mol. The summed E-state index contributed by atoms with van der Waals surface area (Å²) in [5.41, 5.74) is -0.331. The molecule has 2 rings (SSSR count). The first kappa shape index (κ1) is 12.0. The molecular formula is C13H17NO3. The van der Waals surface area contributed by atoms with E-state index in [0.717, 1.165) is 0 Å². The first-order valence-corrected chi connectivity index (χ1v) is 6.18. The number of hydrogen-bond acceptors (Lipinski definition) is 3. The molecule has 0 bridgehead atoms. The molecule has 4 nitrogen and oxygen atoms in total. The molecule has 1 fully saturated rings. The molecule has 2 aliphatic carbocycles. The maximum absolute atomic E-state index is 10.9. The SMILES string of the molecule is O=CC1([N+](=O)[O-])C=CC(C2CCCCC2)=CC1. The van der Waals surface area contributed by atoms with Crippen molar-refractivity contribution in [3.8, 4) is 0 Å². The number of carbonyl (C=O) groups is 1. The molecule has 0 spiro atoms. The van der Waals surface area contributed by atoms with Crippen LogP contribution in [0.5, 0.6) is 0 Å². The van der Waals surface area contributed by atoms with Crippen LogP contribution >= 0.6 is 0 Å². The van der Waals surface area contributed by atoms with E-state index in [-0.39, 0.29) is 6.42 Å². The van der Waals surface area contributed by atoms with Crippen LogP contribution in [0.2, 0.25) is 0 Å². The van der Waals surface area contributed by atoms with Gasteiger partial charge in [0, 0.05) is 17.4 Å². The van der Waals surface area contributed by atoms with Crippen molar-refractivity contribution in [2.24, 2.45) is 5.92 Å². The molecule has 0 amide bonds. The van der Waals surface area contributed by atoms with Crippen LogP contribution in [-0.4, -0.2) is 16.7 Å². The van der Waals surface area contributed by atoms with Gasteiger partial charge in [0.1, 0.15) is 0 Å². The second kappa shape index (κ2) is 4.82. The molecule has 0 radical (unpaired) electrons. The van der Waals surface area contributed by atoms with E-state index in [2.05, 4.69) is 0 Å². The molecule has 0 saturated heterocycles. The Hall–Kier alpha value is -1.45. The van der Waals surface area contributed by atoms with E-state index >= 15 is 0 Å². The van der Waals surface area contributed by atoms with Crippen LogP contribution in [0.25, 0.3) is 0 Å². The Morgan fingerprint density at radius 2 is 2.06 bits per heavy atom. The predicted molar refractivity (Wildman–Crippen MR) is 64.2 cm³/mol. The summed E-state index contributed by atoms with van der Waals surface area (Å²) in [4.78, 5) is 21.3. The summed E-state index contributed by atoms with van der Waals surface area (Å²) in [6.45, 7) is 0. The third kappa shape index (κ3) is 2.30. The van der Waals surface area contributed by atoms with Crippen molar-refractivity contribution in [2.45, 2.75) is 44.1 Å². The number of carbonyl (C=O) groups excluding carboxylic acids is 1. The average molecular weight is 235 g/mol. The van der Waals surface area contributed by atoms with Crippen molar-refractivity contribution in [3.63, 3.8) is 0 Å². The minimum absolute atomic E-state index is 0.200. The van der Waals surface area contributed by atoms with Crippen LogP contribution in [0.15, 0.2) is 23.8 Å². The second-order valence-corrected chi connectivity index (χ2v) is 4.94. The van der Waals surface area contributed by atoms with Gasteiger partial charge in [0.05, 0.1) is 0 Å². The molecule has 2 aliphatic rings. The molecular weight excluding hydrogens is 218 g/mol. The minimum atomic E-state index is -1.52. The van der Waals surface area contributed by atoms with Gasteiger partial charge in [0.25, 0.3) is 5.54 Å². The third-order valence-electron chi connectivity index (χ3n) is 3.85. The number of rotatable bonds is 3. The first-order valence-electron chi connectivity index (χ1n) is 6.18. The zero-order chi connectivity index (χ0) is 12.3. The highest BCUT2D eigenvalue weighted by molar-refractivity contribution is 5.67. The van der Waals surface area contributed by atoms with Crippen LogP contribution in [0, 0.1) is 16.0 Å². The lowest BCUT2D eigenvalue weighted by atomic mass is 9.79. The van der Waals surface area contributed by atoms with E-state index in [4.69, 9.17) is 0 Å². The van der Waals surface area contributed by atoms with Gasteiger partial charge in [-0.2, -0.15) is 0 Å². The summed E-state index contributed by atoms with van der Waals surface area (Å²) in [6.07, 6.45) is 11.9. The standard InChI is InChI=1S/C13H17NO3/c15-10-13(14(16)17)8-6-12(7-9-13)11-4-2-1-3-5-11/h6-8,10-11H,1-5,9H2. The van der Waals surface area contributed by atoms with Gasteiger partial charge in [0.2, 0.25) is 6.29 Å². The van der Waals surface area contributed by atoms with Crippen LogP contribution in [-0.2, 0) is 4.79 Å². The van der Waals surface area contributed by atoms with E-state index < -0.39 is 10.5 Å². The Balaban J connectivity index is 2.09. The van der Waals surface area contributed by atoms with Crippen LogP contribution < -0.4 is 0 Å². The molecule has 17 heavy (non-hydrogen) atoms. The lowest BCUT2D eigenvalue weighted by Gasteiger charge is -2.26. The Labute approximate surface area is 101 Å².